The van der Waals surface area contributed by atoms with Crippen LogP contribution in [-0.2, 0) is 17.6 Å². The Kier molecular flexibility index (Phi) is 5.62. The third-order valence-corrected chi connectivity index (χ3v) is 5.71. The number of fused-ring (bicyclic) bond motifs is 1. The third kappa shape index (κ3) is 4.16. The zero-order chi connectivity index (χ0) is 24.4. The maximum absolute atomic E-state index is 14.1. The predicted molar refractivity (Wildman–Crippen MR) is 125 cm³/mol. The van der Waals surface area contributed by atoms with Crippen molar-refractivity contribution in [2.24, 2.45) is 0 Å². The van der Waals surface area contributed by atoms with Crippen LogP contribution in [0.2, 0.25) is 0 Å². The van der Waals surface area contributed by atoms with E-state index in [0.717, 1.165) is 10.2 Å². The fourth-order valence-corrected chi connectivity index (χ4v) is 4.10. The first-order chi connectivity index (χ1) is 17.1. The molecule has 0 atom stereocenters. The molecule has 0 radical (unpaired) electrons. The highest BCUT2D eigenvalue weighted by atomic mass is 19.1. The van der Waals surface area contributed by atoms with Gasteiger partial charge >= 0.3 is 0 Å². The number of anilines is 3. The van der Waals surface area contributed by atoms with Crippen molar-refractivity contribution < 1.29 is 9.18 Å². The first kappa shape index (κ1) is 21.7. The maximum Gasteiger partial charge on any atom is 0.231 e. The van der Waals surface area contributed by atoms with E-state index in [2.05, 4.69) is 26.5 Å². The van der Waals surface area contributed by atoms with Crippen molar-refractivity contribution in [3.63, 3.8) is 0 Å². The van der Waals surface area contributed by atoms with Gasteiger partial charge in [0.25, 0.3) is 0 Å². The van der Waals surface area contributed by atoms with Gasteiger partial charge in [-0.1, -0.05) is 18.2 Å². The largest absolute Gasteiger partial charge is 0.310 e. The summed E-state index contributed by atoms with van der Waals surface area (Å²) < 4.78 is 15.2. The van der Waals surface area contributed by atoms with Crippen LogP contribution in [0.4, 0.5) is 21.8 Å². The average Bonchev–Trinajstić information content (AvgIpc) is 3.51. The van der Waals surface area contributed by atoms with Gasteiger partial charge in [0.15, 0.2) is 0 Å². The number of nitrogens with one attached hydrogen (secondary N) is 1. The van der Waals surface area contributed by atoms with Gasteiger partial charge in [-0.3, -0.25) is 4.79 Å². The minimum atomic E-state index is -0.429. The number of rotatable bonds is 5. The van der Waals surface area contributed by atoms with Crippen LogP contribution in [-0.4, -0.2) is 32.2 Å². The topological polar surface area (TPSA) is 124 Å². The summed E-state index contributed by atoms with van der Waals surface area (Å²) in [4.78, 5) is 23.2. The van der Waals surface area contributed by atoms with Gasteiger partial charge in [0.1, 0.15) is 17.7 Å². The number of hydrogen-bond donors (Lipinski definition) is 1. The van der Waals surface area contributed by atoms with E-state index in [1.54, 1.807) is 47.5 Å². The number of benzene rings is 2. The first-order valence-corrected chi connectivity index (χ1v) is 10.7. The van der Waals surface area contributed by atoms with Gasteiger partial charge in [0.05, 0.1) is 29.6 Å². The minimum Gasteiger partial charge on any atom is -0.310 e. The molecule has 2 aromatic heterocycles. The normalized spacial score (nSPS) is 12.0. The first-order valence-electron chi connectivity index (χ1n) is 10.7. The zero-order valence-electron chi connectivity index (χ0n) is 18.3. The van der Waals surface area contributed by atoms with Crippen LogP contribution in [0, 0.1) is 28.6 Å². The SMILES string of the molecule is N#Cc1cc(-c2ccnc(Nc3ccnn3C#N)n2)cc2c1N(C(=O)Cc1ccccc1F)CC2. The quantitative estimate of drug-likeness (QED) is 0.479. The number of hydrogen-bond acceptors (Lipinski definition) is 7. The molecule has 35 heavy (non-hydrogen) atoms. The van der Waals surface area contributed by atoms with Gasteiger partial charge in [-0.25, -0.2) is 14.4 Å². The summed E-state index contributed by atoms with van der Waals surface area (Å²) in [5.74, 6) is -0.0108. The molecule has 2 aromatic carbocycles. The number of carbonyl (C=O) groups excluding carboxylic acids is 1. The molecule has 10 heteroatoms. The average molecular weight is 464 g/mol. The van der Waals surface area contributed by atoms with Crippen LogP contribution in [0.25, 0.3) is 11.3 Å². The number of nitriles is 2. The van der Waals surface area contributed by atoms with Crippen LogP contribution >= 0.6 is 0 Å². The number of amides is 1. The molecule has 4 aromatic rings. The Labute approximate surface area is 199 Å². The molecule has 0 fully saturated rings. The molecular weight excluding hydrogens is 447 g/mol. The summed E-state index contributed by atoms with van der Waals surface area (Å²) in [7, 11) is 0. The Balaban J connectivity index is 1.44. The Bertz CT molecular complexity index is 1530. The second-order valence-corrected chi connectivity index (χ2v) is 7.83. The van der Waals surface area contributed by atoms with Crippen molar-refractivity contribution in [2.45, 2.75) is 12.8 Å². The van der Waals surface area contributed by atoms with Crippen molar-refractivity contribution >= 4 is 23.4 Å². The monoisotopic (exact) mass is 464 g/mol. The van der Waals surface area contributed by atoms with Gasteiger partial charge in [-0.2, -0.15) is 20.3 Å². The smallest absolute Gasteiger partial charge is 0.231 e. The van der Waals surface area contributed by atoms with Crippen LogP contribution < -0.4 is 10.2 Å². The zero-order valence-corrected chi connectivity index (χ0v) is 18.3. The van der Waals surface area contributed by atoms with Crippen molar-refractivity contribution in [3.8, 4) is 23.5 Å². The molecule has 9 nitrogen and oxygen atoms in total. The summed E-state index contributed by atoms with van der Waals surface area (Å²) in [5, 5.41) is 25.8. The van der Waals surface area contributed by atoms with Crippen molar-refractivity contribution in [1.29, 1.82) is 10.5 Å². The van der Waals surface area contributed by atoms with Gasteiger partial charge < -0.3 is 10.2 Å². The number of carbonyl (C=O) groups is 1. The van der Waals surface area contributed by atoms with E-state index >= 15 is 0 Å². The molecule has 3 heterocycles. The lowest BCUT2D eigenvalue weighted by atomic mass is 10.0. The van der Waals surface area contributed by atoms with Gasteiger partial charge in [0.2, 0.25) is 18.0 Å². The van der Waals surface area contributed by atoms with E-state index in [1.165, 1.54) is 12.3 Å². The highest BCUT2D eigenvalue weighted by Gasteiger charge is 2.29. The predicted octanol–water partition coefficient (Wildman–Crippen LogP) is 3.56. The second kappa shape index (κ2) is 9.04. The number of halogens is 1. The highest BCUT2D eigenvalue weighted by molar-refractivity contribution is 5.98. The van der Waals surface area contributed by atoms with E-state index < -0.39 is 5.82 Å². The third-order valence-electron chi connectivity index (χ3n) is 5.71. The molecule has 1 aliphatic rings. The highest BCUT2D eigenvalue weighted by Crippen LogP contribution is 2.36. The van der Waals surface area contributed by atoms with Gasteiger partial charge in [-0.05, 0) is 41.8 Å². The van der Waals surface area contributed by atoms with Crippen molar-refractivity contribution in [2.75, 3.05) is 16.8 Å². The molecule has 5 rings (SSSR count). The van der Waals surface area contributed by atoms with E-state index in [4.69, 9.17) is 5.26 Å². The molecule has 0 saturated heterocycles. The van der Waals surface area contributed by atoms with Crippen molar-refractivity contribution in [1.82, 2.24) is 19.7 Å². The fraction of sp³-hybridized carbons (Fsp3) is 0.120. The summed E-state index contributed by atoms with van der Waals surface area (Å²) in [6, 6.07) is 15.3. The lowest BCUT2D eigenvalue weighted by molar-refractivity contribution is -0.117. The Hall–Kier alpha value is -5.09. The van der Waals surface area contributed by atoms with Crippen LogP contribution in [0.15, 0.2) is 60.9 Å². The molecule has 1 N–H and O–H groups in total. The summed E-state index contributed by atoms with van der Waals surface area (Å²) in [6.45, 7) is 0.412. The Morgan fingerprint density at radius 2 is 2.00 bits per heavy atom. The van der Waals surface area contributed by atoms with Gasteiger partial charge in [-0.15, -0.1) is 0 Å². The van der Waals surface area contributed by atoms with E-state index in [-0.39, 0.29) is 18.3 Å². The molecule has 0 saturated carbocycles. The number of nitrogens with zero attached hydrogens (tertiary/aromatic N) is 7. The van der Waals surface area contributed by atoms with Crippen molar-refractivity contribution in [3.05, 3.63) is 83.4 Å². The maximum atomic E-state index is 14.1. The second-order valence-electron chi connectivity index (χ2n) is 7.83. The molecule has 0 unspecified atom stereocenters. The lowest BCUT2D eigenvalue weighted by Gasteiger charge is -2.19. The molecular formula is C25H17FN8O. The minimum absolute atomic E-state index is 0.0844. The van der Waals surface area contributed by atoms with Crippen LogP contribution in [0.1, 0.15) is 16.7 Å². The standard InChI is InChI=1S/C25H17FN8O/c26-20-4-2-1-3-16(20)13-23(35)33-10-7-17-11-18(12-19(14-27)24(17)33)21-5-8-29-25(31-21)32-22-6-9-30-34(22)15-28/h1-6,8-9,11-12H,7,10,13H2,(H,29,31,32). The van der Waals surface area contributed by atoms with E-state index in [1.807, 2.05) is 12.3 Å². The summed E-state index contributed by atoms with van der Waals surface area (Å²) in [5.41, 5.74) is 3.33. The molecule has 170 valence electrons. The number of aromatic nitrogens is 4. The fourth-order valence-electron chi connectivity index (χ4n) is 4.10. The molecule has 0 bridgehead atoms. The molecule has 0 spiro atoms. The lowest BCUT2D eigenvalue weighted by Crippen LogP contribution is -2.31. The van der Waals surface area contributed by atoms with E-state index in [0.29, 0.717) is 46.9 Å². The van der Waals surface area contributed by atoms with E-state index in [9.17, 15) is 14.4 Å². The Morgan fingerprint density at radius 1 is 1.14 bits per heavy atom. The summed E-state index contributed by atoms with van der Waals surface area (Å²) >= 11 is 0. The molecule has 1 aliphatic heterocycles. The molecule has 1 amide bonds. The Morgan fingerprint density at radius 3 is 2.80 bits per heavy atom. The van der Waals surface area contributed by atoms with Gasteiger partial charge in [0, 0.05) is 24.4 Å². The summed E-state index contributed by atoms with van der Waals surface area (Å²) in [6.07, 6.45) is 5.45. The molecule has 0 aliphatic carbocycles. The van der Waals surface area contributed by atoms with Crippen LogP contribution in [0.3, 0.4) is 0 Å². The van der Waals surface area contributed by atoms with Crippen LogP contribution in [0.5, 0.6) is 0 Å².